The Hall–Kier alpha value is -2.63. The summed E-state index contributed by atoms with van der Waals surface area (Å²) in [6.45, 7) is 0.668. The highest BCUT2D eigenvalue weighted by Crippen LogP contribution is 2.27. The second-order valence-electron chi connectivity index (χ2n) is 8.22. The number of aliphatic hydroxyl groups is 1. The average molecular weight is 456 g/mol. The van der Waals surface area contributed by atoms with Gasteiger partial charge in [0.15, 0.2) is 0 Å². The van der Waals surface area contributed by atoms with Crippen LogP contribution in [-0.4, -0.2) is 39.6 Å². The molecule has 2 aromatic rings. The Morgan fingerprint density at radius 2 is 1.81 bits per heavy atom. The van der Waals surface area contributed by atoms with E-state index in [1.165, 1.54) is 0 Å². The number of benzene rings is 2. The van der Waals surface area contributed by atoms with Gasteiger partial charge in [0.1, 0.15) is 0 Å². The maximum absolute atomic E-state index is 12.3. The van der Waals surface area contributed by atoms with Crippen LogP contribution in [0.3, 0.4) is 0 Å². The molecule has 0 spiro atoms. The van der Waals surface area contributed by atoms with Crippen molar-refractivity contribution in [2.45, 2.75) is 57.1 Å². The largest absolute Gasteiger partial charge is 0.481 e. The van der Waals surface area contributed by atoms with Gasteiger partial charge in [-0.05, 0) is 54.2 Å². The van der Waals surface area contributed by atoms with Crippen molar-refractivity contribution in [3.05, 3.63) is 71.3 Å². The summed E-state index contributed by atoms with van der Waals surface area (Å²) in [5.74, 6) is -0.621. The molecule has 1 fully saturated rings. The second kappa shape index (κ2) is 11.8. The Kier molecular flexibility index (Phi) is 8.89. The van der Waals surface area contributed by atoms with Crippen LogP contribution >= 0.6 is 11.6 Å². The smallest absolute Gasteiger partial charge is 0.303 e. The van der Waals surface area contributed by atoms with Gasteiger partial charge in [0.25, 0.3) is 0 Å². The number of carbonyl (C=O) groups excluding carboxylic acids is 1. The molecule has 2 aromatic carbocycles. The van der Waals surface area contributed by atoms with Gasteiger partial charge in [-0.2, -0.15) is 0 Å². The van der Waals surface area contributed by atoms with Gasteiger partial charge < -0.3 is 15.1 Å². The van der Waals surface area contributed by atoms with E-state index in [1.54, 1.807) is 6.08 Å². The van der Waals surface area contributed by atoms with Crippen LogP contribution < -0.4 is 0 Å². The van der Waals surface area contributed by atoms with Crippen LogP contribution in [-0.2, 0) is 9.59 Å². The number of aliphatic hydroxyl groups excluding tert-OH is 1. The molecule has 1 aliphatic rings. The van der Waals surface area contributed by atoms with Crippen molar-refractivity contribution in [3.63, 3.8) is 0 Å². The van der Waals surface area contributed by atoms with Crippen molar-refractivity contribution in [2.75, 3.05) is 6.54 Å². The lowest BCUT2D eigenvalue weighted by atomic mass is 10.00. The van der Waals surface area contributed by atoms with Crippen LogP contribution in [0.2, 0.25) is 5.02 Å². The number of nitrogens with zero attached hydrogens (tertiary/aromatic N) is 1. The standard InChI is InChI=1S/C26H30ClNO4/c27-22-10-6-8-20(18-22)19-7-5-9-21(17-19)24(29)14-12-23-13-15-25(30)28(23)16-4-2-1-3-11-26(31)32/h5-10,12,14,17-18,23-24,29H,1-4,11,13,15-16H2,(H,31,32)/t23-,24?/m0/s1. The SMILES string of the molecule is O=C(O)CCCCCCN1C(=O)CC[C@@H]1C=CC(O)c1cccc(-c2cccc(Cl)c2)c1. The molecular weight excluding hydrogens is 426 g/mol. The molecular formula is C26H30ClNO4. The molecule has 1 aliphatic heterocycles. The van der Waals surface area contributed by atoms with Crippen molar-refractivity contribution in [1.82, 2.24) is 4.90 Å². The molecule has 170 valence electrons. The van der Waals surface area contributed by atoms with Gasteiger partial charge in [-0.25, -0.2) is 0 Å². The molecule has 0 aromatic heterocycles. The number of amides is 1. The number of unbranched alkanes of at least 4 members (excludes halogenated alkanes) is 3. The van der Waals surface area contributed by atoms with E-state index in [-0.39, 0.29) is 18.4 Å². The lowest BCUT2D eigenvalue weighted by Crippen LogP contribution is -2.32. The van der Waals surface area contributed by atoms with E-state index in [2.05, 4.69) is 0 Å². The predicted octanol–water partition coefficient (Wildman–Crippen LogP) is 5.62. The molecule has 6 heteroatoms. The molecule has 1 unspecified atom stereocenters. The predicted molar refractivity (Wildman–Crippen MR) is 126 cm³/mol. The van der Waals surface area contributed by atoms with Gasteiger partial charge in [0.05, 0.1) is 12.1 Å². The number of aliphatic carboxylic acids is 1. The monoisotopic (exact) mass is 455 g/mol. The van der Waals surface area contributed by atoms with Gasteiger partial charge >= 0.3 is 5.97 Å². The molecule has 32 heavy (non-hydrogen) atoms. The van der Waals surface area contributed by atoms with Crippen LogP contribution in [0.15, 0.2) is 60.7 Å². The maximum Gasteiger partial charge on any atom is 0.303 e. The number of likely N-dealkylation sites (tertiary alicyclic amines) is 1. The molecule has 0 aliphatic carbocycles. The van der Waals surface area contributed by atoms with E-state index in [0.29, 0.717) is 24.4 Å². The zero-order valence-corrected chi connectivity index (χ0v) is 18.9. The highest BCUT2D eigenvalue weighted by Gasteiger charge is 2.28. The minimum atomic E-state index is -0.762. The third-order valence-corrected chi connectivity index (χ3v) is 6.05. The van der Waals surface area contributed by atoms with E-state index in [9.17, 15) is 14.7 Å². The summed E-state index contributed by atoms with van der Waals surface area (Å²) in [5.41, 5.74) is 2.76. The minimum Gasteiger partial charge on any atom is -0.481 e. The topological polar surface area (TPSA) is 77.8 Å². The van der Waals surface area contributed by atoms with Crippen LogP contribution in [0.4, 0.5) is 0 Å². The van der Waals surface area contributed by atoms with Gasteiger partial charge in [-0.3, -0.25) is 9.59 Å². The molecule has 0 bridgehead atoms. The molecule has 5 nitrogen and oxygen atoms in total. The minimum absolute atomic E-state index is 0.00715. The van der Waals surface area contributed by atoms with E-state index < -0.39 is 12.1 Å². The Labute approximate surface area is 194 Å². The quantitative estimate of drug-likeness (QED) is 0.340. The fraction of sp³-hybridized carbons (Fsp3) is 0.385. The zero-order valence-electron chi connectivity index (χ0n) is 18.1. The van der Waals surface area contributed by atoms with E-state index in [4.69, 9.17) is 16.7 Å². The summed E-state index contributed by atoms with van der Waals surface area (Å²) in [5, 5.41) is 20.1. The number of rotatable bonds is 11. The number of carboxylic acid groups (broad SMARTS) is 1. The number of carbonyl (C=O) groups is 2. The molecule has 1 heterocycles. The Morgan fingerprint density at radius 3 is 2.56 bits per heavy atom. The van der Waals surface area contributed by atoms with Crippen LogP contribution in [0.25, 0.3) is 11.1 Å². The van der Waals surface area contributed by atoms with E-state index in [1.807, 2.05) is 59.5 Å². The first-order chi connectivity index (χ1) is 15.4. The molecule has 2 N–H and O–H groups in total. The number of hydrogen-bond donors (Lipinski definition) is 2. The third kappa shape index (κ3) is 6.94. The number of carboxylic acids is 1. The normalized spacial score (nSPS) is 17.2. The lowest BCUT2D eigenvalue weighted by Gasteiger charge is -2.22. The number of halogens is 1. The number of hydrogen-bond acceptors (Lipinski definition) is 3. The molecule has 0 saturated carbocycles. The molecule has 3 rings (SSSR count). The summed E-state index contributed by atoms with van der Waals surface area (Å²) in [6.07, 6.45) is 7.72. The fourth-order valence-electron chi connectivity index (χ4n) is 4.07. The maximum atomic E-state index is 12.3. The highest BCUT2D eigenvalue weighted by molar-refractivity contribution is 6.30. The van der Waals surface area contributed by atoms with Crippen molar-refractivity contribution < 1.29 is 19.8 Å². The summed E-state index contributed by atoms with van der Waals surface area (Å²) in [6, 6.07) is 15.3. The summed E-state index contributed by atoms with van der Waals surface area (Å²) in [4.78, 5) is 24.7. The fourth-order valence-corrected chi connectivity index (χ4v) is 4.26. The van der Waals surface area contributed by atoms with Gasteiger partial charge in [-0.1, -0.05) is 66.9 Å². The van der Waals surface area contributed by atoms with Crippen LogP contribution in [0.5, 0.6) is 0 Å². The molecule has 2 atom stereocenters. The van der Waals surface area contributed by atoms with E-state index >= 15 is 0 Å². The van der Waals surface area contributed by atoms with Crippen LogP contribution in [0.1, 0.15) is 56.6 Å². The van der Waals surface area contributed by atoms with E-state index in [0.717, 1.165) is 42.4 Å². The van der Waals surface area contributed by atoms with Gasteiger partial charge in [0.2, 0.25) is 5.91 Å². The summed E-state index contributed by atoms with van der Waals surface area (Å²) in [7, 11) is 0. The van der Waals surface area contributed by atoms with Gasteiger partial charge in [0, 0.05) is 24.4 Å². The summed E-state index contributed by atoms with van der Waals surface area (Å²) >= 11 is 6.10. The zero-order chi connectivity index (χ0) is 22.9. The second-order valence-corrected chi connectivity index (χ2v) is 8.65. The average Bonchev–Trinajstić information content (AvgIpc) is 3.13. The first-order valence-corrected chi connectivity index (χ1v) is 11.6. The third-order valence-electron chi connectivity index (χ3n) is 5.82. The summed E-state index contributed by atoms with van der Waals surface area (Å²) < 4.78 is 0. The van der Waals surface area contributed by atoms with Crippen molar-refractivity contribution in [2.24, 2.45) is 0 Å². The Bertz CT molecular complexity index is 958. The van der Waals surface area contributed by atoms with Gasteiger partial charge in [-0.15, -0.1) is 0 Å². The van der Waals surface area contributed by atoms with Crippen molar-refractivity contribution in [3.8, 4) is 11.1 Å². The first kappa shape index (κ1) is 24.0. The lowest BCUT2D eigenvalue weighted by molar-refractivity contribution is -0.137. The first-order valence-electron chi connectivity index (χ1n) is 11.2. The van der Waals surface area contributed by atoms with Crippen LogP contribution in [0, 0.1) is 0 Å². The molecule has 1 saturated heterocycles. The Morgan fingerprint density at radius 1 is 1.09 bits per heavy atom. The molecule has 0 radical (unpaired) electrons. The Balaban J connectivity index is 1.57. The van der Waals surface area contributed by atoms with Crippen molar-refractivity contribution in [1.29, 1.82) is 0 Å². The highest BCUT2D eigenvalue weighted by atomic mass is 35.5. The van der Waals surface area contributed by atoms with Crippen molar-refractivity contribution >= 4 is 23.5 Å². The molecule has 1 amide bonds.